The first-order valence-corrected chi connectivity index (χ1v) is 12.8. The van der Waals surface area contributed by atoms with Crippen molar-refractivity contribution in [3.05, 3.63) is 125 Å². The summed E-state index contributed by atoms with van der Waals surface area (Å²) in [4.78, 5) is 8.52. The molecule has 0 aliphatic carbocycles. The molecule has 0 bridgehead atoms. The van der Waals surface area contributed by atoms with E-state index < -0.39 is 11.5 Å². The van der Waals surface area contributed by atoms with Crippen LogP contribution in [-0.2, 0) is 14.9 Å². The van der Waals surface area contributed by atoms with Gasteiger partial charge in [0.25, 0.3) is 0 Å². The van der Waals surface area contributed by atoms with Crippen molar-refractivity contribution in [1.29, 1.82) is 0 Å². The second kappa shape index (κ2) is 11.6. The highest BCUT2D eigenvalue weighted by Gasteiger charge is 2.41. The van der Waals surface area contributed by atoms with Crippen LogP contribution in [-0.4, -0.2) is 34.6 Å². The van der Waals surface area contributed by atoms with Gasteiger partial charge >= 0.3 is 0 Å². The van der Waals surface area contributed by atoms with Crippen molar-refractivity contribution in [1.82, 2.24) is 9.97 Å². The van der Waals surface area contributed by atoms with Crippen molar-refractivity contribution < 1.29 is 14.6 Å². The van der Waals surface area contributed by atoms with E-state index in [1.54, 1.807) is 0 Å². The number of hydrogen-bond donors (Lipinski definition) is 2. The molecule has 5 nitrogen and oxygen atoms in total. The fourth-order valence-electron chi connectivity index (χ4n) is 5.08. The molecule has 1 fully saturated rings. The van der Waals surface area contributed by atoms with Gasteiger partial charge in [-0.25, -0.2) is 4.98 Å². The monoisotopic (exact) mass is 492 g/mol. The number of imidazole rings is 1. The number of aromatic amines is 1. The summed E-state index contributed by atoms with van der Waals surface area (Å²) >= 11 is 0. The molecule has 1 aliphatic heterocycles. The first-order chi connectivity index (χ1) is 18.2. The number of hydrogen-bond acceptors (Lipinski definition) is 4. The number of nitrogens with zero attached hydrogens (tertiary/aromatic N) is 1. The van der Waals surface area contributed by atoms with Crippen LogP contribution in [0.4, 0.5) is 0 Å². The Balaban J connectivity index is 1.54. The lowest BCUT2D eigenvalue weighted by Crippen LogP contribution is -2.32. The van der Waals surface area contributed by atoms with Gasteiger partial charge in [0.05, 0.1) is 0 Å². The van der Waals surface area contributed by atoms with Crippen molar-refractivity contribution >= 4 is 0 Å². The maximum absolute atomic E-state index is 11.0. The van der Waals surface area contributed by atoms with E-state index in [-0.39, 0.29) is 12.9 Å². The largest absolute Gasteiger partial charge is 0.374 e. The number of aliphatic hydroxyl groups excluding tert-OH is 1. The third kappa shape index (κ3) is 5.23. The normalized spacial score (nSPS) is 16.5. The van der Waals surface area contributed by atoms with Gasteiger partial charge in [-0.15, -0.1) is 0 Å². The number of aryl methyl sites for hydroxylation is 1. The number of aliphatic hydroxyl groups is 1. The average molecular weight is 493 g/mol. The van der Waals surface area contributed by atoms with Crippen LogP contribution in [0.25, 0.3) is 0 Å². The third-order valence-electron chi connectivity index (χ3n) is 6.88. The first-order valence-electron chi connectivity index (χ1n) is 12.8. The Hall–Kier alpha value is -3.69. The SMILES string of the molecule is Cc1[nH]c(C(c2ccccc2)(c2ccccc2)c2ccccc2)nc1C(O)C#CCOC1CCCCO1. The fraction of sp³-hybridized carbons (Fsp3) is 0.281. The van der Waals surface area contributed by atoms with E-state index in [9.17, 15) is 5.11 Å². The zero-order chi connectivity index (χ0) is 25.5. The quantitative estimate of drug-likeness (QED) is 0.257. The van der Waals surface area contributed by atoms with E-state index in [2.05, 4.69) is 53.2 Å². The molecule has 0 radical (unpaired) electrons. The maximum atomic E-state index is 11.0. The Bertz CT molecular complexity index is 1240. The van der Waals surface area contributed by atoms with Gasteiger partial charge in [0.2, 0.25) is 0 Å². The summed E-state index contributed by atoms with van der Waals surface area (Å²) in [7, 11) is 0. The number of nitrogens with one attached hydrogen (secondary N) is 1. The Morgan fingerprint density at radius 1 is 0.946 bits per heavy atom. The van der Waals surface area contributed by atoms with E-state index in [4.69, 9.17) is 14.5 Å². The third-order valence-corrected chi connectivity index (χ3v) is 6.88. The molecule has 2 heterocycles. The van der Waals surface area contributed by atoms with E-state index >= 15 is 0 Å². The molecule has 0 amide bonds. The second-order valence-electron chi connectivity index (χ2n) is 9.27. The van der Waals surface area contributed by atoms with Gasteiger partial charge in [-0.1, -0.05) is 103 Å². The summed E-state index contributed by atoms with van der Waals surface area (Å²) in [5.41, 5.74) is 3.82. The van der Waals surface area contributed by atoms with Crippen molar-refractivity contribution in [2.24, 2.45) is 0 Å². The molecule has 1 aliphatic rings. The second-order valence-corrected chi connectivity index (χ2v) is 9.27. The molecule has 2 N–H and O–H groups in total. The van der Waals surface area contributed by atoms with Crippen LogP contribution >= 0.6 is 0 Å². The number of ether oxygens (including phenoxy) is 2. The van der Waals surface area contributed by atoms with Crippen molar-refractivity contribution in [2.45, 2.75) is 44.0 Å². The van der Waals surface area contributed by atoms with E-state index in [0.717, 1.165) is 54.1 Å². The van der Waals surface area contributed by atoms with Crippen LogP contribution in [0.2, 0.25) is 0 Å². The predicted octanol–water partition coefficient (Wildman–Crippen LogP) is 5.68. The number of H-pyrrole nitrogens is 1. The highest BCUT2D eigenvalue weighted by Crippen LogP contribution is 2.44. The minimum absolute atomic E-state index is 0.206. The van der Waals surface area contributed by atoms with E-state index in [1.807, 2.05) is 61.5 Å². The highest BCUT2D eigenvalue weighted by molar-refractivity contribution is 5.57. The van der Waals surface area contributed by atoms with Crippen LogP contribution < -0.4 is 0 Å². The number of benzene rings is 3. The van der Waals surface area contributed by atoms with Crippen LogP contribution in [0.1, 0.15) is 59.3 Å². The van der Waals surface area contributed by atoms with Gasteiger partial charge in [0.15, 0.2) is 12.4 Å². The summed E-state index contributed by atoms with van der Waals surface area (Å²) in [5.74, 6) is 6.58. The van der Waals surface area contributed by atoms with Crippen molar-refractivity contribution in [2.75, 3.05) is 13.2 Å². The van der Waals surface area contributed by atoms with Gasteiger partial charge in [0, 0.05) is 12.3 Å². The molecule has 5 heteroatoms. The van der Waals surface area contributed by atoms with Crippen LogP contribution in [0.5, 0.6) is 0 Å². The smallest absolute Gasteiger partial charge is 0.158 e. The summed E-state index contributed by atoms with van der Waals surface area (Å²) in [5, 5.41) is 11.0. The zero-order valence-electron chi connectivity index (χ0n) is 21.1. The molecule has 37 heavy (non-hydrogen) atoms. The molecule has 2 unspecified atom stereocenters. The number of rotatable bonds is 7. The van der Waals surface area contributed by atoms with Crippen LogP contribution in [0, 0.1) is 18.8 Å². The Kier molecular flexibility index (Phi) is 7.82. The lowest BCUT2D eigenvalue weighted by molar-refractivity contribution is -0.154. The molecule has 188 valence electrons. The summed E-state index contributed by atoms with van der Waals surface area (Å²) < 4.78 is 11.3. The topological polar surface area (TPSA) is 67.4 Å². The highest BCUT2D eigenvalue weighted by atomic mass is 16.7. The zero-order valence-corrected chi connectivity index (χ0v) is 21.1. The fourth-order valence-corrected chi connectivity index (χ4v) is 5.08. The van der Waals surface area contributed by atoms with Gasteiger partial charge in [-0.05, 0) is 42.9 Å². The molecular weight excluding hydrogens is 460 g/mol. The van der Waals surface area contributed by atoms with Gasteiger partial charge in [0.1, 0.15) is 23.5 Å². The van der Waals surface area contributed by atoms with Crippen LogP contribution in [0.3, 0.4) is 0 Å². The molecule has 1 saturated heterocycles. The van der Waals surface area contributed by atoms with Gasteiger partial charge < -0.3 is 19.6 Å². The lowest BCUT2D eigenvalue weighted by atomic mass is 9.69. The molecule has 3 aromatic carbocycles. The van der Waals surface area contributed by atoms with Gasteiger partial charge in [-0.2, -0.15) is 0 Å². The average Bonchev–Trinajstić information content (AvgIpc) is 3.35. The van der Waals surface area contributed by atoms with E-state index in [0.29, 0.717) is 5.69 Å². The predicted molar refractivity (Wildman–Crippen MR) is 144 cm³/mol. The van der Waals surface area contributed by atoms with E-state index in [1.165, 1.54) is 0 Å². The Morgan fingerprint density at radius 3 is 2.03 bits per heavy atom. The summed E-state index contributed by atoms with van der Waals surface area (Å²) in [6, 6.07) is 31.1. The molecule has 1 aromatic heterocycles. The molecular formula is C32H32N2O3. The first kappa shape index (κ1) is 25.0. The minimum Gasteiger partial charge on any atom is -0.374 e. The molecule has 4 aromatic rings. The molecule has 2 atom stereocenters. The Labute approximate surface area is 218 Å². The summed E-state index contributed by atoms with van der Waals surface area (Å²) in [6.45, 7) is 2.86. The summed E-state index contributed by atoms with van der Waals surface area (Å²) in [6.07, 6.45) is 1.80. The molecule has 0 spiro atoms. The maximum Gasteiger partial charge on any atom is 0.158 e. The molecule has 0 saturated carbocycles. The Morgan fingerprint density at radius 2 is 1.51 bits per heavy atom. The van der Waals surface area contributed by atoms with Crippen molar-refractivity contribution in [3.8, 4) is 11.8 Å². The minimum atomic E-state index is -1.04. The van der Waals surface area contributed by atoms with Crippen LogP contribution in [0.15, 0.2) is 91.0 Å². The molecule has 5 rings (SSSR count). The standard InChI is InChI=1S/C32H32N2O3/c1-24-30(28(35)20-13-23-37-29-21-11-12-22-36-29)34-31(33-24)32(25-14-5-2-6-15-25,26-16-7-3-8-17-26)27-18-9-4-10-19-27/h2-10,14-19,28-29,35H,11-12,21-23H2,1H3,(H,33,34). The lowest BCUT2D eigenvalue weighted by Gasteiger charge is -2.34. The van der Waals surface area contributed by atoms with Gasteiger partial charge in [-0.3, -0.25) is 0 Å². The number of aromatic nitrogens is 2. The van der Waals surface area contributed by atoms with Crippen molar-refractivity contribution in [3.63, 3.8) is 0 Å².